The van der Waals surface area contributed by atoms with Gasteiger partial charge in [-0.3, -0.25) is 0 Å². The van der Waals surface area contributed by atoms with Crippen LogP contribution < -0.4 is 4.90 Å². The molecule has 7 nitrogen and oxygen atoms in total. The number of pyridine rings is 1. The van der Waals surface area contributed by atoms with Crippen LogP contribution in [-0.2, 0) is 5.41 Å². The number of anilines is 1. The van der Waals surface area contributed by atoms with E-state index in [2.05, 4.69) is 29.8 Å². The molecule has 0 unspecified atom stereocenters. The number of hydrogen-bond donors (Lipinski definition) is 0. The van der Waals surface area contributed by atoms with Crippen molar-refractivity contribution in [2.24, 2.45) is 4.99 Å². The molecule has 3 aromatic rings. The second-order valence-electron chi connectivity index (χ2n) is 6.79. The van der Waals surface area contributed by atoms with E-state index in [0.29, 0.717) is 21.5 Å². The highest BCUT2D eigenvalue weighted by Gasteiger charge is 2.24. The van der Waals surface area contributed by atoms with Gasteiger partial charge in [-0.1, -0.05) is 36.6 Å². The lowest BCUT2D eigenvalue weighted by Gasteiger charge is -2.17. The molecule has 0 bridgehead atoms. The van der Waals surface area contributed by atoms with Crippen molar-refractivity contribution < 1.29 is 8.78 Å². The molecule has 0 N–H and O–H groups in total. The molecule has 0 amide bonds. The molecule has 0 aliphatic heterocycles. The van der Waals surface area contributed by atoms with Crippen LogP contribution in [0.4, 0.5) is 19.6 Å². The smallest absolute Gasteiger partial charge is 0.217 e. The van der Waals surface area contributed by atoms with Gasteiger partial charge >= 0.3 is 0 Å². The highest BCUT2D eigenvalue weighted by Crippen LogP contribution is 2.31. The van der Waals surface area contributed by atoms with E-state index in [-0.39, 0.29) is 11.1 Å². The molecule has 3 heterocycles. The molecule has 0 spiro atoms. The maximum absolute atomic E-state index is 13.5. The maximum atomic E-state index is 13.5. The lowest BCUT2D eigenvalue weighted by atomic mass is 9.98. The first kappa shape index (κ1) is 19.4. The summed E-state index contributed by atoms with van der Waals surface area (Å²) < 4.78 is 30.9. The summed E-state index contributed by atoms with van der Waals surface area (Å²) >= 11 is 2.56. The van der Waals surface area contributed by atoms with Crippen molar-refractivity contribution >= 4 is 39.5 Å². The van der Waals surface area contributed by atoms with Crippen LogP contribution in [0.15, 0.2) is 17.1 Å². The summed E-state index contributed by atoms with van der Waals surface area (Å²) in [6.45, 7) is 7.93. The minimum Gasteiger partial charge on any atom is -0.303 e. The lowest BCUT2D eigenvalue weighted by molar-refractivity contribution is 0.513. The van der Waals surface area contributed by atoms with Crippen LogP contribution in [-0.4, -0.2) is 37.7 Å². The van der Waals surface area contributed by atoms with E-state index in [4.69, 9.17) is 0 Å². The molecule has 0 atom stereocenters. The Bertz CT molecular complexity index is 971. The van der Waals surface area contributed by atoms with E-state index in [0.717, 1.165) is 28.7 Å². The first-order chi connectivity index (χ1) is 12.6. The van der Waals surface area contributed by atoms with Crippen molar-refractivity contribution in [2.75, 3.05) is 11.9 Å². The van der Waals surface area contributed by atoms with E-state index in [1.807, 2.05) is 20.8 Å². The molecule has 142 valence electrons. The number of hydrogen-bond acceptors (Lipinski definition) is 8. The Kier molecular flexibility index (Phi) is 5.24. The van der Waals surface area contributed by atoms with E-state index in [1.54, 1.807) is 18.9 Å². The van der Waals surface area contributed by atoms with Gasteiger partial charge in [0.2, 0.25) is 17.0 Å². The Morgan fingerprint density at radius 3 is 2.30 bits per heavy atom. The predicted octanol–water partition coefficient (Wildman–Crippen LogP) is 3.88. The number of aryl methyl sites for hydroxylation is 1. The molecule has 0 saturated carbocycles. The first-order valence-corrected chi connectivity index (χ1v) is 9.53. The number of amidine groups is 1. The second kappa shape index (κ2) is 7.31. The number of aliphatic imine (C=N–C) groups is 1. The monoisotopic (exact) mass is 409 g/mol. The van der Waals surface area contributed by atoms with Crippen molar-refractivity contribution in [3.05, 3.63) is 39.6 Å². The van der Waals surface area contributed by atoms with Crippen molar-refractivity contribution in [1.29, 1.82) is 0 Å². The van der Waals surface area contributed by atoms with Gasteiger partial charge in [0.15, 0.2) is 5.84 Å². The number of aromatic nitrogens is 5. The molecular weight excluding hydrogens is 392 g/mol. The summed E-state index contributed by atoms with van der Waals surface area (Å²) in [6.07, 6.45) is 0. The van der Waals surface area contributed by atoms with E-state index in [9.17, 15) is 8.78 Å². The van der Waals surface area contributed by atoms with Crippen LogP contribution in [0.1, 0.15) is 36.3 Å². The van der Waals surface area contributed by atoms with Gasteiger partial charge in [0.1, 0.15) is 9.88 Å². The van der Waals surface area contributed by atoms with Gasteiger partial charge in [-0.25, -0.2) is 4.99 Å². The predicted molar refractivity (Wildman–Crippen MR) is 102 cm³/mol. The SMILES string of the molecule is Cc1nnsc1C(=Nc1cc(F)nc(F)c1)N(C)c1nnc(C(C)(C)C)s1. The molecule has 0 aromatic carbocycles. The van der Waals surface area contributed by atoms with Crippen LogP contribution in [0.2, 0.25) is 0 Å². The third-order valence-corrected chi connectivity index (χ3v) is 5.75. The van der Waals surface area contributed by atoms with Crippen molar-refractivity contribution in [2.45, 2.75) is 33.1 Å². The third-order valence-electron chi connectivity index (χ3n) is 3.50. The highest BCUT2D eigenvalue weighted by molar-refractivity contribution is 7.15. The summed E-state index contributed by atoms with van der Waals surface area (Å²) in [4.78, 5) is 9.90. The van der Waals surface area contributed by atoms with Crippen molar-refractivity contribution in [1.82, 2.24) is 24.8 Å². The Labute approximate surface area is 163 Å². The van der Waals surface area contributed by atoms with Crippen LogP contribution in [0.3, 0.4) is 0 Å². The normalized spacial score (nSPS) is 12.5. The van der Waals surface area contributed by atoms with Gasteiger partial charge in [0, 0.05) is 24.6 Å². The van der Waals surface area contributed by atoms with Gasteiger partial charge < -0.3 is 4.90 Å². The van der Waals surface area contributed by atoms with Gasteiger partial charge in [0.05, 0.1) is 11.4 Å². The molecule has 0 saturated heterocycles. The quantitative estimate of drug-likeness (QED) is 0.371. The Balaban J connectivity index is 2.09. The molecule has 0 aliphatic rings. The van der Waals surface area contributed by atoms with E-state index < -0.39 is 11.9 Å². The number of nitrogens with zero attached hydrogens (tertiary/aromatic N) is 7. The Hall–Kier alpha value is -2.40. The maximum Gasteiger partial charge on any atom is 0.217 e. The topological polar surface area (TPSA) is 80.0 Å². The molecule has 3 aromatic heterocycles. The molecule has 3 rings (SSSR count). The molecule has 27 heavy (non-hydrogen) atoms. The average molecular weight is 409 g/mol. The van der Waals surface area contributed by atoms with Crippen LogP contribution >= 0.6 is 22.9 Å². The lowest BCUT2D eigenvalue weighted by Crippen LogP contribution is -2.27. The minimum absolute atomic E-state index is 0.0928. The largest absolute Gasteiger partial charge is 0.303 e. The van der Waals surface area contributed by atoms with E-state index in [1.165, 1.54) is 11.3 Å². The summed E-state index contributed by atoms with van der Waals surface area (Å²) in [6, 6.07) is 2.11. The molecular formula is C16H17F2N7S2. The molecule has 0 fully saturated rings. The molecule has 11 heteroatoms. The zero-order valence-corrected chi connectivity index (χ0v) is 17.0. The number of halogens is 2. The minimum atomic E-state index is -0.944. The Morgan fingerprint density at radius 1 is 1.11 bits per heavy atom. The first-order valence-electron chi connectivity index (χ1n) is 7.94. The average Bonchev–Trinajstić information content (AvgIpc) is 3.20. The zero-order chi connectivity index (χ0) is 19.8. The van der Waals surface area contributed by atoms with Crippen molar-refractivity contribution in [3.8, 4) is 0 Å². The fourth-order valence-electron chi connectivity index (χ4n) is 2.10. The Morgan fingerprint density at radius 2 is 1.78 bits per heavy atom. The van der Waals surface area contributed by atoms with E-state index >= 15 is 0 Å². The second-order valence-corrected chi connectivity index (χ2v) is 8.50. The third kappa shape index (κ3) is 4.30. The fourth-order valence-corrected chi connectivity index (χ4v) is 3.65. The summed E-state index contributed by atoms with van der Waals surface area (Å²) in [5.74, 6) is -1.47. The standard InChI is InChI=1S/C16H17F2N7S2/c1-8-12(27-24-21-8)13(19-9-6-10(17)20-11(18)7-9)25(5)15-23-22-14(26-15)16(2,3)4/h6-7H,1-5H3. The highest BCUT2D eigenvalue weighted by atomic mass is 32.1. The van der Waals surface area contributed by atoms with Gasteiger partial charge in [-0.2, -0.15) is 13.8 Å². The zero-order valence-electron chi connectivity index (χ0n) is 15.4. The van der Waals surface area contributed by atoms with Crippen LogP contribution in [0, 0.1) is 18.8 Å². The van der Waals surface area contributed by atoms with Gasteiger partial charge in [-0.05, 0) is 18.5 Å². The van der Waals surface area contributed by atoms with Crippen LogP contribution in [0.5, 0.6) is 0 Å². The summed E-state index contributed by atoms with van der Waals surface area (Å²) in [5.41, 5.74) is 0.601. The number of rotatable bonds is 3. The van der Waals surface area contributed by atoms with Gasteiger partial charge in [-0.15, -0.1) is 15.3 Å². The van der Waals surface area contributed by atoms with Crippen molar-refractivity contribution in [3.63, 3.8) is 0 Å². The molecule has 0 aliphatic carbocycles. The summed E-state index contributed by atoms with van der Waals surface area (Å²) in [5, 5.41) is 13.9. The van der Waals surface area contributed by atoms with Gasteiger partial charge in [0.25, 0.3) is 0 Å². The fraction of sp³-hybridized carbons (Fsp3) is 0.375. The molecule has 0 radical (unpaired) electrons. The van der Waals surface area contributed by atoms with Crippen LogP contribution in [0.25, 0.3) is 0 Å². The summed E-state index contributed by atoms with van der Waals surface area (Å²) in [7, 11) is 1.76.